The molecule has 0 aromatic rings. The van der Waals surface area contributed by atoms with Crippen LogP contribution in [0.5, 0.6) is 0 Å². The monoisotopic (exact) mass is 231 g/mol. The molecule has 1 amide bonds. The summed E-state index contributed by atoms with van der Waals surface area (Å²) in [5, 5.41) is 9.28. The number of carbonyl (C=O) groups excluding carboxylic acids is 1. The Hall–Kier alpha value is -0.640. The molecule has 0 aromatic heterocycles. The van der Waals surface area contributed by atoms with Crippen LogP contribution >= 0.6 is 0 Å². The van der Waals surface area contributed by atoms with E-state index < -0.39 is 12.3 Å². The van der Waals surface area contributed by atoms with Crippen molar-refractivity contribution in [3.63, 3.8) is 0 Å². The van der Waals surface area contributed by atoms with Gasteiger partial charge in [-0.1, -0.05) is 26.7 Å². The van der Waals surface area contributed by atoms with Gasteiger partial charge in [-0.3, -0.25) is 4.79 Å². The summed E-state index contributed by atoms with van der Waals surface area (Å²) in [5.74, 6) is 0.00704. The number of aliphatic hydroxyl groups excluding tert-OH is 1. The largest absolute Gasteiger partial charge is 0.388 e. The highest BCUT2D eigenvalue weighted by atomic mass is 19.1. The van der Waals surface area contributed by atoms with Gasteiger partial charge in [0.05, 0.1) is 6.54 Å². The van der Waals surface area contributed by atoms with Crippen molar-refractivity contribution in [2.24, 2.45) is 5.92 Å². The summed E-state index contributed by atoms with van der Waals surface area (Å²) >= 11 is 0. The summed E-state index contributed by atoms with van der Waals surface area (Å²) < 4.78 is 13.1. The molecule has 94 valence electrons. The Labute approximate surface area is 96.6 Å². The van der Waals surface area contributed by atoms with Crippen molar-refractivity contribution in [3.8, 4) is 0 Å². The van der Waals surface area contributed by atoms with Gasteiger partial charge in [0, 0.05) is 12.5 Å². The smallest absolute Gasteiger partial charge is 0.225 e. The van der Waals surface area contributed by atoms with Crippen LogP contribution in [0.1, 0.15) is 39.5 Å². The predicted molar refractivity (Wildman–Crippen MR) is 60.8 cm³/mol. The number of rotatable bonds is 5. The highest BCUT2D eigenvalue weighted by molar-refractivity contribution is 5.79. The van der Waals surface area contributed by atoms with E-state index in [1.54, 1.807) is 0 Å². The first-order valence-corrected chi connectivity index (χ1v) is 6.21. The van der Waals surface area contributed by atoms with Crippen LogP contribution in [0.25, 0.3) is 0 Å². The standard InChI is InChI=1S/C12H22FNO2/c1-3-5-6-9(4-2)12(16)14-7-10(13)11(15)8-14/h9-11,15H,3-8H2,1-2H3. The van der Waals surface area contributed by atoms with Crippen LogP contribution in [0.3, 0.4) is 0 Å². The maximum Gasteiger partial charge on any atom is 0.225 e. The van der Waals surface area contributed by atoms with E-state index in [1.165, 1.54) is 4.90 Å². The molecule has 1 aliphatic rings. The number of β-amino-alcohol motifs (C(OH)–C–C–N with tert-alkyl or cyclic N) is 1. The van der Waals surface area contributed by atoms with Crippen LogP contribution in [0.4, 0.5) is 4.39 Å². The lowest BCUT2D eigenvalue weighted by molar-refractivity contribution is -0.135. The third-order valence-electron chi connectivity index (χ3n) is 3.28. The quantitative estimate of drug-likeness (QED) is 0.783. The first kappa shape index (κ1) is 13.4. The molecule has 1 heterocycles. The number of nitrogens with zero attached hydrogens (tertiary/aromatic N) is 1. The van der Waals surface area contributed by atoms with E-state index in [0.29, 0.717) is 0 Å². The fourth-order valence-electron chi connectivity index (χ4n) is 2.14. The molecule has 0 saturated carbocycles. The molecule has 0 radical (unpaired) electrons. The van der Waals surface area contributed by atoms with Crippen molar-refractivity contribution in [2.45, 2.75) is 51.8 Å². The summed E-state index contributed by atoms with van der Waals surface area (Å²) in [7, 11) is 0. The maximum atomic E-state index is 13.1. The average molecular weight is 231 g/mol. The minimum atomic E-state index is -1.27. The Morgan fingerprint density at radius 2 is 2.19 bits per heavy atom. The van der Waals surface area contributed by atoms with E-state index in [2.05, 4.69) is 6.92 Å². The molecule has 1 rings (SSSR count). The summed E-state index contributed by atoms with van der Waals surface area (Å²) in [4.78, 5) is 13.5. The zero-order valence-corrected chi connectivity index (χ0v) is 10.2. The number of carbonyl (C=O) groups is 1. The number of likely N-dealkylation sites (tertiary alicyclic amines) is 1. The lowest BCUT2D eigenvalue weighted by atomic mass is 9.98. The molecule has 3 atom stereocenters. The number of halogens is 1. The zero-order valence-electron chi connectivity index (χ0n) is 10.2. The highest BCUT2D eigenvalue weighted by Crippen LogP contribution is 2.20. The molecular formula is C12H22FNO2. The third kappa shape index (κ3) is 3.17. The number of unbranched alkanes of at least 4 members (excludes halogenated alkanes) is 1. The van der Waals surface area contributed by atoms with E-state index in [-0.39, 0.29) is 24.9 Å². The van der Waals surface area contributed by atoms with Crippen molar-refractivity contribution >= 4 is 5.91 Å². The van der Waals surface area contributed by atoms with Crippen molar-refractivity contribution < 1.29 is 14.3 Å². The molecule has 0 aliphatic carbocycles. The van der Waals surface area contributed by atoms with Gasteiger partial charge >= 0.3 is 0 Å². The number of hydrogen-bond donors (Lipinski definition) is 1. The van der Waals surface area contributed by atoms with E-state index in [0.717, 1.165) is 25.7 Å². The summed E-state index contributed by atoms with van der Waals surface area (Å²) in [6.45, 7) is 4.29. The lowest BCUT2D eigenvalue weighted by Crippen LogP contribution is -2.35. The van der Waals surface area contributed by atoms with Gasteiger partial charge < -0.3 is 10.0 Å². The van der Waals surface area contributed by atoms with Crippen molar-refractivity contribution in [1.29, 1.82) is 0 Å². The van der Waals surface area contributed by atoms with Gasteiger partial charge in [0.25, 0.3) is 0 Å². The molecule has 0 aromatic carbocycles. The van der Waals surface area contributed by atoms with Gasteiger partial charge in [0.1, 0.15) is 12.3 Å². The Balaban J connectivity index is 2.48. The summed E-state index contributed by atoms with van der Waals surface area (Å²) in [6, 6.07) is 0. The second kappa shape index (κ2) is 6.18. The van der Waals surface area contributed by atoms with Gasteiger partial charge in [-0.2, -0.15) is 0 Å². The lowest BCUT2D eigenvalue weighted by Gasteiger charge is -2.21. The number of alkyl halides is 1. The minimum absolute atomic E-state index is 0.00236. The average Bonchev–Trinajstić information content (AvgIpc) is 2.60. The highest BCUT2D eigenvalue weighted by Gasteiger charge is 2.35. The molecule has 1 fully saturated rings. The van der Waals surface area contributed by atoms with Gasteiger partial charge in [-0.05, 0) is 12.8 Å². The van der Waals surface area contributed by atoms with E-state index >= 15 is 0 Å². The molecule has 1 aliphatic heterocycles. The molecule has 3 unspecified atom stereocenters. The van der Waals surface area contributed by atoms with Gasteiger partial charge in [-0.25, -0.2) is 4.39 Å². The van der Waals surface area contributed by atoms with Crippen LogP contribution in [0.15, 0.2) is 0 Å². The van der Waals surface area contributed by atoms with Crippen LogP contribution in [-0.2, 0) is 4.79 Å². The first-order valence-electron chi connectivity index (χ1n) is 6.21. The first-order chi connectivity index (χ1) is 7.60. The molecule has 0 bridgehead atoms. The second-order valence-electron chi connectivity index (χ2n) is 4.57. The fourth-order valence-corrected chi connectivity index (χ4v) is 2.14. The normalized spacial score (nSPS) is 27.1. The predicted octanol–water partition coefficient (Wildman–Crippen LogP) is 1.74. The van der Waals surface area contributed by atoms with Crippen LogP contribution in [-0.4, -0.2) is 41.3 Å². The van der Waals surface area contributed by atoms with E-state index in [1.807, 2.05) is 6.92 Å². The summed E-state index contributed by atoms with van der Waals surface area (Å²) in [6.07, 6.45) is 1.50. The van der Waals surface area contributed by atoms with Crippen molar-refractivity contribution in [1.82, 2.24) is 4.90 Å². The minimum Gasteiger partial charge on any atom is -0.388 e. The van der Waals surface area contributed by atoms with Crippen molar-refractivity contribution in [3.05, 3.63) is 0 Å². The Bertz CT molecular complexity index is 225. The summed E-state index contributed by atoms with van der Waals surface area (Å²) in [5.41, 5.74) is 0. The topological polar surface area (TPSA) is 40.5 Å². The molecule has 1 N–H and O–H groups in total. The fraction of sp³-hybridized carbons (Fsp3) is 0.917. The Kier molecular flexibility index (Phi) is 5.19. The van der Waals surface area contributed by atoms with Crippen LogP contribution < -0.4 is 0 Å². The third-order valence-corrected chi connectivity index (χ3v) is 3.28. The molecule has 16 heavy (non-hydrogen) atoms. The number of hydrogen-bond acceptors (Lipinski definition) is 2. The molecule has 1 saturated heterocycles. The second-order valence-corrected chi connectivity index (χ2v) is 4.57. The SMILES string of the molecule is CCCCC(CC)C(=O)N1CC(O)C(F)C1. The van der Waals surface area contributed by atoms with Gasteiger partial charge in [0.2, 0.25) is 5.91 Å². The number of amides is 1. The van der Waals surface area contributed by atoms with Gasteiger partial charge in [0.15, 0.2) is 0 Å². The van der Waals surface area contributed by atoms with Gasteiger partial charge in [-0.15, -0.1) is 0 Å². The molecule has 3 nitrogen and oxygen atoms in total. The molecule has 4 heteroatoms. The molecular weight excluding hydrogens is 209 g/mol. The van der Waals surface area contributed by atoms with Crippen molar-refractivity contribution in [2.75, 3.05) is 13.1 Å². The van der Waals surface area contributed by atoms with Crippen LogP contribution in [0.2, 0.25) is 0 Å². The van der Waals surface area contributed by atoms with Crippen LogP contribution in [0, 0.1) is 5.92 Å². The zero-order chi connectivity index (χ0) is 12.1. The maximum absolute atomic E-state index is 13.1. The number of aliphatic hydroxyl groups is 1. The Morgan fingerprint density at radius 3 is 2.62 bits per heavy atom. The Morgan fingerprint density at radius 1 is 1.50 bits per heavy atom. The van der Waals surface area contributed by atoms with E-state index in [9.17, 15) is 14.3 Å². The van der Waals surface area contributed by atoms with E-state index in [4.69, 9.17) is 0 Å². The molecule has 0 spiro atoms.